The van der Waals surface area contributed by atoms with Crippen molar-refractivity contribution in [3.8, 4) is 5.75 Å². The Morgan fingerprint density at radius 2 is 1.64 bits per heavy atom. The molecule has 22 heavy (non-hydrogen) atoms. The topological polar surface area (TPSA) is 41.7 Å². The fraction of sp³-hybridized carbons (Fsp3) is 0.333. The molecule has 0 unspecified atom stereocenters. The Morgan fingerprint density at radius 3 is 2.36 bits per heavy atom. The first-order valence-electron chi connectivity index (χ1n) is 7.71. The first-order valence-corrected chi connectivity index (χ1v) is 7.71. The summed E-state index contributed by atoms with van der Waals surface area (Å²) in [7, 11) is 1.73. The minimum absolute atomic E-state index is 0.884. The second kappa shape index (κ2) is 6.71. The van der Waals surface area contributed by atoms with Crippen LogP contribution in [0.5, 0.6) is 5.75 Å². The lowest BCUT2D eigenvalue weighted by Gasteiger charge is -2.36. The zero-order valence-corrected chi connectivity index (χ0v) is 13.0. The van der Waals surface area contributed by atoms with Gasteiger partial charge in [0.1, 0.15) is 5.75 Å². The maximum absolute atomic E-state index is 6.04. The highest BCUT2D eigenvalue weighted by molar-refractivity contribution is 5.58. The van der Waals surface area contributed by atoms with Crippen LogP contribution in [-0.2, 0) is 6.54 Å². The molecular formula is C18H23N3O. The van der Waals surface area contributed by atoms with E-state index in [0.29, 0.717) is 0 Å². The van der Waals surface area contributed by atoms with E-state index in [4.69, 9.17) is 10.5 Å². The van der Waals surface area contributed by atoms with Gasteiger partial charge in [0.2, 0.25) is 0 Å². The molecule has 0 aliphatic carbocycles. The number of benzene rings is 2. The number of piperazine rings is 1. The Morgan fingerprint density at radius 1 is 0.955 bits per heavy atom. The first-order chi connectivity index (χ1) is 10.8. The fourth-order valence-electron chi connectivity index (χ4n) is 2.96. The lowest BCUT2D eigenvalue weighted by atomic mass is 10.1. The summed E-state index contributed by atoms with van der Waals surface area (Å²) >= 11 is 0. The van der Waals surface area contributed by atoms with Crippen molar-refractivity contribution in [2.24, 2.45) is 0 Å². The van der Waals surface area contributed by atoms with E-state index in [1.54, 1.807) is 7.11 Å². The number of ether oxygens (including phenoxy) is 1. The van der Waals surface area contributed by atoms with E-state index in [0.717, 1.165) is 44.2 Å². The molecule has 4 nitrogen and oxygen atoms in total. The van der Waals surface area contributed by atoms with Crippen LogP contribution in [0.3, 0.4) is 0 Å². The van der Waals surface area contributed by atoms with Crippen LogP contribution in [0, 0.1) is 0 Å². The summed E-state index contributed by atoms with van der Waals surface area (Å²) in [6.45, 7) is 5.01. The Kier molecular flexibility index (Phi) is 4.49. The van der Waals surface area contributed by atoms with E-state index < -0.39 is 0 Å². The van der Waals surface area contributed by atoms with Gasteiger partial charge >= 0.3 is 0 Å². The second-order valence-electron chi connectivity index (χ2n) is 5.63. The van der Waals surface area contributed by atoms with E-state index in [2.05, 4.69) is 34.1 Å². The molecule has 0 bridgehead atoms. The first kappa shape index (κ1) is 14.7. The molecular weight excluding hydrogens is 274 g/mol. The quantitative estimate of drug-likeness (QED) is 0.881. The highest BCUT2D eigenvalue weighted by atomic mass is 16.5. The third kappa shape index (κ3) is 3.17. The summed E-state index contributed by atoms with van der Waals surface area (Å²) in [4.78, 5) is 4.85. The maximum atomic E-state index is 6.04. The van der Waals surface area contributed by atoms with Crippen LogP contribution in [0.1, 0.15) is 5.56 Å². The van der Waals surface area contributed by atoms with Crippen LogP contribution in [0.2, 0.25) is 0 Å². The molecule has 2 aromatic rings. The third-order valence-corrected chi connectivity index (χ3v) is 4.25. The molecule has 0 spiro atoms. The Balaban J connectivity index is 1.62. The third-order valence-electron chi connectivity index (χ3n) is 4.25. The molecule has 1 aliphatic rings. The lowest BCUT2D eigenvalue weighted by Crippen LogP contribution is -2.46. The van der Waals surface area contributed by atoms with Crippen LogP contribution < -0.4 is 15.4 Å². The highest BCUT2D eigenvalue weighted by Crippen LogP contribution is 2.28. The standard InChI is InChI=1S/C18H23N3O/c1-22-18-9-5-4-8-17(18)21-12-10-20(11-13-21)14-15-6-2-3-7-16(15)19/h2-9H,10-14,19H2,1H3. The van der Waals surface area contributed by atoms with E-state index in [1.807, 2.05) is 24.3 Å². The highest BCUT2D eigenvalue weighted by Gasteiger charge is 2.19. The van der Waals surface area contributed by atoms with Crippen LogP contribution in [-0.4, -0.2) is 38.2 Å². The van der Waals surface area contributed by atoms with Crippen molar-refractivity contribution in [2.75, 3.05) is 43.9 Å². The van der Waals surface area contributed by atoms with Crippen LogP contribution in [0.25, 0.3) is 0 Å². The summed E-state index contributed by atoms with van der Waals surface area (Å²) in [6.07, 6.45) is 0. The van der Waals surface area contributed by atoms with Crippen molar-refractivity contribution >= 4 is 11.4 Å². The van der Waals surface area contributed by atoms with E-state index in [-0.39, 0.29) is 0 Å². The van der Waals surface area contributed by atoms with Gasteiger partial charge < -0.3 is 15.4 Å². The predicted octanol–water partition coefficient (Wildman–Crippen LogP) is 2.60. The van der Waals surface area contributed by atoms with Crippen LogP contribution >= 0.6 is 0 Å². The normalized spacial score (nSPS) is 15.8. The number of anilines is 2. The molecule has 0 aromatic heterocycles. The molecule has 2 N–H and O–H groups in total. The minimum Gasteiger partial charge on any atom is -0.495 e. The van der Waals surface area contributed by atoms with E-state index in [1.165, 1.54) is 11.3 Å². The van der Waals surface area contributed by atoms with E-state index >= 15 is 0 Å². The fourth-order valence-corrected chi connectivity index (χ4v) is 2.96. The molecule has 0 amide bonds. The Labute approximate surface area is 132 Å². The molecule has 2 aromatic carbocycles. The Bertz CT molecular complexity index is 621. The minimum atomic E-state index is 0.884. The summed E-state index contributed by atoms with van der Waals surface area (Å²) in [5, 5.41) is 0. The Hall–Kier alpha value is -2.20. The molecule has 0 saturated carbocycles. The molecule has 1 saturated heterocycles. The van der Waals surface area contributed by atoms with Crippen molar-refractivity contribution < 1.29 is 4.74 Å². The maximum Gasteiger partial charge on any atom is 0.142 e. The van der Waals surface area contributed by atoms with Crippen molar-refractivity contribution in [2.45, 2.75) is 6.54 Å². The van der Waals surface area contributed by atoms with Crippen molar-refractivity contribution in [1.29, 1.82) is 0 Å². The van der Waals surface area contributed by atoms with Gasteiger partial charge in [0.05, 0.1) is 12.8 Å². The monoisotopic (exact) mass is 297 g/mol. The number of methoxy groups -OCH3 is 1. The molecule has 1 fully saturated rings. The number of nitrogen functional groups attached to an aromatic ring is 1. The van der Waals surface area contributed by atoms with Gasteiger partial charge in [0, 0.05) is 38.4 Å². The summed E-state index contributed by atoms with van der Waals surface area (Å²) in [6, 6.07) is 16.3. The lowest BCUT2D eigenvalue weighted by molar-refractivity contribution is 0.249. The van der Waals surface area contributed by atoms with E-state index in [9.17, 15) is 0 Å². The van der Waals surface area contributed by atoms with Gasteiger partial charge in [0.25, 0.3) is 0 Å². The molecule has 1 aliphatic heterocycles. The van der Waals surface area contributed by atoms with Gasteiger partial charge in [-0.25, -0.2) is 0 Å². The molecule has 4 heteroatoms. The van der Waals surface area contributed by atoms with Gasteiger partial charge in [-0.1, -0.05) is 30.3 Å². The number of hydrogen-bond donors (Lipinski definition) is 1. The summed E-state index contributed by atoms with van der Waals surface area (Å²) in [5.74, 6) is 0.947. The summed E-state index contributed by atoms with van der Waals surface area (Å²) in [5.41, 5.74) is 9.32. The van der Waals surface area contributed by atoms with Crippen LogP contribution in [0.4, 0.5) is 11.4 Å². The SMILES string of the molecule is COc1ccccc1N1CCN(Cc2ccccc2N)CC1. The number of nitrogens with zero attached hydrogens (tertiary/aromatic N) is 2. The summed E-state index contributed by atoms with van der Waals surface area (Å²) < 4.78 is 5.46. The number of hydrogen-bond acceptors (Lipinski definition) is 4. The predicted molar refractivity (Wildman–Crippen MR) is 91.3 cm³/mol. The van der Waals surface area contributed by atoms with Crippen molar-refractivity contribution in [3.63, 3.8) is 0 Å². The van der Waals surface area contributed by atoms with Crippen molar-refractivity contribution in [3.05, 3.63) is 54.1 Å². The second-order valence-corrected chi connectivity index (χ2v) is 5.63. The van der Waals surface area contributed by atoms with Gasteiger partial charge in [-0.2, -0.15) is 0 Å². The molecule has 1 heterocycles. The number of rotatable bonds is 4. The molecule has 0 radical (unpaired) electrons. The molecule has 3 rings (SSSR count). The largest absolute Gasteiger partial charge is 0.495 e. The average Bonchev–Trinajstić information content (AvgIpc) is 2.58. The average molecular weight is 297 g/mol. The zero-order chi connectivity index (χ0) is 15.4. The van der Waals surface area contributed by atoms with Gasteiger partial charge in [-0.05, 0) is 23.8 Å². The van der Waals surface area contributed by atoms with Gasteiger partial charge in [-0.15, -0.1) is 0 Å². The number of nitrogens with two attached hydrogens (primary N) is 1. The molecule has 116 valence electrons. The zero-order valence-electron chi connectivity index (χ0n) is 13.0. The van der Waals surface area contributed by atoms with Gasteiger partial charge in [-0.3, -0.25) is 4.90 Å². The number of para-hydroxylation sites is 3. The van der Waals surface area contributed by atoms with Crippen LogP contribution in [0.15, 0.2) is 48.5 Å². The van der Waals surface area contributed by atoms with Gasteiger partial charge in [0.15, 0.2) is 0 Å². The van der Waals surface area contributed by atoms with Crippen molar-refractivity contribution in [1.82, 2.24) is 4.90 Å². The molecule has 0 atom stereocenters. The smallest absolute Gasteiger partial charge is 0.142 e.